The zero-order valence-corrected chi connectivity index (χ0v) is 34.0. The predicted octanol–water partition coefficient (Wildman–Crippen LogP) is 16.0. The van der Waals surface area contributed by atoms with Crippen molar-refractivity contribution < 1.29 is 0 Å². The van der Waals surface area contributed by atoms with Crippen molar-refractivity contribution in [2.24, 2.45) is 0 Å². The molecule has 0 bridgehead atoms. The second kappa shape index (κ2) is 16.1. The van der Waals surface area contributed by atoms with Crippen LogP contribution in [0.4, 0.5) is 17.1 Å². The lowest BCUT2D eigenvalue weighted by Gasteiger charge is -2.26. The van der Waals surface area contributed by atoms with E-state index in [0.29, 0.717) is 0 Å². The minimum atomic E-state index is 0.984. The van der Waals surface area contributed by atoms with Crippen molar-refractivity contribution in [3.05, 3.63) is 249 Å². The molecule has 2 aromatic heterocycles. The lowest BCUT2D eigenvalue weighted by molar-refractivity contribution is 1.14. The standard InChI is InChI=1S/C59H41N3/c1-5-14-42(15-6-1)44-23-32-51(33-24-44)61(52-34-25-45(26-35-52)43-16-7-2-8-17-43)53-36-27-46(28-37-53)47-29-38-54(39-30-47)62-58(50-20-11-4-12-21-50)56(48-18-9-3-10-19-48)55-40-31-49-22-13-41-60-57(49)59(55)62/h1-41H. The fourth-order valence-electron chi connectivity index (χ4n) is 8.85. The molecule has 292 valence electrons. The maximum atomic E-state index is 4.98. The summed E-state index contributed by atoms with van der Waals surface area (Å²) in [6.07, 6.45) is 1.90. The Kier molecular flexibility index (Phi) is 9.53. The minimum Gasteiger partial charge on any atom is -0.311 e. The van der Waals surface area contributed by atoms with Crippen molar-refractivity contribution in [2.75, 3.05) is 4.90 Å². The van der Waals surface area contributed by atoms with E-state index >= 15 is 0 Å². The molecule has 0 unspecified atom stereocenters. The average Bonchev–Trinajstić information content (AvgIpc) is 3.72. The van der Waals surface area contributed by atoms with Gasteiger partial charge in [-0.2, -0.15) is 0 Å². The number of pyridine rings is 1. The van der Waals surface area contributed by atoms with E-state index < -0.39 is 0 Å². The zero-order valence-electron chi connectivity index (χ0n) is 34.0. The summed E-state index contributed by atoms with van der Waals surface area (Å²) in [7, 11) is 0. The van der Waals surface area contributed by atoms with Crippen LogP contribution in [0.25, 0.3) is 83.3 Å². The van der Waals surface area contributed by atoms with Crippen LogP contribution in [0, 0.1) is 0 Å². The molecule has 0 spiro atoms. The summed E-state index contributed by atoms with van der Waals surface area (Å²) in [5.74, 6) is 0. The maximum absolute atomic E-state index is 4.98. The van der Waals surface area contributed by atoms with Gasteiger partial charge in [0.15, 0.2) is 0 Å². The van der Waals surface area contributed by atoms with Gasteiger partial charge in [0, 0.05) is 45.3 Å². The molecule has 0 radical (unpaired) electrons. The second-order valence-electron chi connectivity index (χ2n) is 15.6. The van der Waals surface area contributed by atoms with Crippen LogP contribution in [0.5, 0.6) is 0 Å². The first-order chi connectivity index (χ1) is 30.8. The third-order valence-corrected chi connectivity index (χ3v) is 11.9. The van der Waals surface area contributed by atoms with E-state index in [2.05, 4.69) is 246 Å². The number of aromatic nitrogens is 2. The molecule has 0 saturated heterocycles. The Bertz CT molecular complexity index is 3180. The van der Waals surface area contributed by atoms with E-state index in [1.807, 2.05) is 12.3 Å². The van der Waals surface area contributed by atoms with E-state index in [4.69, 9.17) is 4.98 Å². The van der Waals surface area contributed by atoms with E-state index in [9.17, 15) is 0 Å². The van der Waals surface area contributed by atoms with Crippen molar-refractivity contribution in [1.29, 1.82) is 0 Å². The minimum absolute atomic E-state index is 0.984. The van der Waals surface area contributed by atoms with Crippen LogP contribution in [0.3, 0.4) is 0 Å². The van der Waals surface area contributed by atoms with Crippen molar-refractivity contribution in [2.45, 2.75) is 0 Å². The first-order valence-corrected chi connectivity index (χ1v) is 21.1. The molecule has 0 N–H and O–H groups in total. The van der Waals surface area contributed by atoms with E-state index in [-0.39, 0.29) is 0 Å². The fourth-order valence-corrected chi connectivity index (χ4v) is 8.85. The summed E-state index contributed by atoms with van der Waals surface area (Å²) in [5, 5.41) is 2.29. The molecule has 3 heteroatoms. The van der Waals surface area contributed by atoms with Crippen LogP contribution < -0.4 is 4.90 Å². The molecule has 0 aliphatic rings. The van der Waals surface area contributed by atoms with Crippen LogP contribution in [0.2, 0.25) is 0 Å². The molecular formula is C59H41N3. The second-order valence-corrected chi connectivity index (χ2v) is 15.6. The van der Waals surface area contributed by atoms with Gasteiger partial charge in [-0.3, -0.25) is 4.98 Å². The summed E-state index contributed by atoms with van der Waals surface area (Å²) in [6.45, 7) is 0. The Labute approximate surface area is 362 Å². The Morgan fingerprint density at radius 3 is 1.19 bits per heavy atom. The maximum Gasteiger partial charge on any atom is 0.0948 e. The van der Waals surface area contributed by atoms with Gasteiger partial charge in [-0.05, 0) is 99.1 Å². The Morgan fingerprint density at radius 2 is 0.726 bits per heavy atom. The van der Waals surface area contributed by atoms with Gasteiger partial charge in [0.05, 0.1) is 16.7 Å². The number of hydrogen-bond donors (Lipinski definition) is 0. The number of rotatable bonds is 9. The normalized spacial score (nSPS) is 11.2. The molecular weight excluding hydrogens is 751 g/mol. The molecule has 62 heavy (non-hydrogen) atoms. The molecule has 0 saturated carbocycles. The highest BCUT2D eigenvalue weighted by Crippen LogP contribution is 2.45. The number of fused-ring (bicyclic) bond motifs is 3. The highest BCUT2D eigenvalue weighted by molar-refractivity contribution is 6.14. The van der Waals surface area contributed by atoms with Gasteiger partial charge < -0.3 is 9.47 Å². The van der Waals surface area contributed by atoms with Gasteiger partial charge in [-0.1, -0.05) is 188 Å². The van der Waals surface area contributed by atoms with Gasteiger partial charge in [-0.25, -0.2) is 0 Å². The first kappa shape index (κ1) is 36.8. The number of nitrogens with zero attached hydrogens (tertiary/aromatic N) is 3. The monoisotopic (exact) mass is 791 g/mol. The topological polar surface area (TPSA) is 21.1 Å². The molecule has 9 aromatic carbocycles. The van der Waals surface area contributed by atoms with Crippen LogP contribution >= 0.6 is 0 Å². The number of anilines is 3. The highest BCUT2D eigenvalue weighted by atomic mass is 15.1. The summed E-state index contributed by atoms with van der Waals surface area (Å²) < 4.78 is 2.42. The Balaban J connectivity index is 0.988. The fraction of sp³-hybridized carbons (Fsp3) is 0. The number of hydrogen-bond acceptors (Lipinski definition) is 2. The lowest BCUT2D eigenvalue weighted by atomic mass is 9.98. The summed E-state index contributed by atoms with van der Waals surface area (Å²) >= 11 is 0. The molecule has 11 aromatic rings. The number of benzene rings is 9. The molecule has 0 fully saturated rings. The van der Waals surface area contributed by atoms with Gasteiger partial charge in [0.1, 0.15) is 0 Å². The third kappa shape index (κ3) is 6.82. The third-order valence-electron chi connectivity index (χ3n) is 11.9. The molecule has 11 rings (SSSR count). The van der Waals surface area contributed by atoms with Crippen molar-refractivity contribution in [3.63, 3.8) is 0 Å². The van der Waals surface area contributed by atoms with Crippen LogP contribution in [-0.4, -0.2) is 9.55 Å². The van der Waals surface area contributed by atoms with E-state index in [1.165, 1.54) is 38.8 Å². The zero-order chi connectivity index (χ0) is 41.2. The largest absolute Gasteiger partial charge is 0.311 e. The molecule has 0 amide bonds. The quantitative estimate of drug-likeness (QED) is 0.145. The van der Waals surface area contributed by atoms with Crippen LogP contribution in [-0.2, 0) is 0 Å². The molecule has 2 heterocycles. The predicted molar refractivity (Wildman–Crippen MR) is 260 cm³/mol. The molecule has 3 nitrogen and oxygen atoms in total. The highest BCUT2D eigenvalue weighted by Gasteiger charge is 2.23. The van der Waals surface area contributed by atoms with E-state index in [1.54, 1.807) is 0 Å². The average molecular weight is 792 g/mol. The van der Waals surface area contributed by atoms with Crippen molar-refractivity contribution >= 4 is 38.9 Å². The summed E-state index contributed by atoms with van der Waals surface area (Å²) in [5.41, 5.74) is 18.2. The summed E-state index contributed by atoms with van der Waals surface area (Å²) in [4.78, 5) is 7.31. The molecule has 0 aliphatic heterocycles. The first-order valence-electron chi connectivity index (χ1n) is 21.1. The summed E-state index contributed by atoms with van der Waals surface area (Å²) in [6, 6.07) is 86.9. The Morgan fingerprint density at radius 1 is 0.323 bits per heavy atom. The Hall–Kier alpha value is -8.27. The van der Waals surface area contributed by atoms with Crippen LogP contribution in [0.15, 0.2) is 249 Å². The lowest BCUT2D eigenvalue weighted by Crippen LogP contribution is -2.09. The smallest absolute Gasteiger partial charge is 0.0948 e. The van der Waals surface area contributed by atoms with Crippen molar-refractivity contribution in [3.8, 4) is 61.5 Å². The van der Waals surface area contributed by atoms with Crippen LogP contribution in [0.1, 0.15) is 0 Å². The van der Waals surface area contributed by atoms with Gasteiger partial charge in [-0.15, -0.1) is 0 Å². The molecule has 0 aliphatic carbocycles. The van der Waals surface area contributed by atoms with Gasteiger partial charge in [0.25, 0.3) is 0 Å². The SMILES string of the molecule is c1ccc(-c2ccc(N(c3ccc(-c4ccccc4)cc3)c3ccc(-c4ccc(-n5c(-c6ccccc6)c(-c6ccccc6)c6ccc7cccnc7c65)cc4)cc3)cc2)cc1. The van der Waals surface area contributed by atoms with E-state index in [0.717, 1.165) is 61.6 Å². The molecule has 0 atom stereocenters. The van der Waals surface area contributed by atoms with Gasteiger partial charge >= 0.3 is 0 Å². The van der Waals surface area contributed by atoms with Gasteiger partial charge in [0.2, 0.25) is 0 Å². The van der Waals surface area contributed by atoms with Crippen molar-refractivity contribution in [1.82, 2.24) is 9.55 Å².